The van der Waals surface area contributed by atoms with Gasteiger partial charge in [0.2, 0.25) is 5.69 Å². The second-order valence-electron chi connectivity index (χ2n) is 2.98. The van der Waals surface area contributed by atoms with Gasteiger partial charge in [0.25, 0.3) is 0 Å². The van der Waals surface area contributed by atoms with Crippen LogP contribution < -0.4 is 0 Å². The van der Waals surface area contributed by atoms with Crippen molar-refractivity contribution in [1.82, 2.24) is 5.16 Å². The topological polar surface area (TPSA) is 49.8 Å². The minimum Gasteiger partial charge on any atom is -0.358 e. The molecule has 0 unspecified atom stereocenters. The lowest BCUT2D eigenvalue weighted by molar-refractivity contribution is 0.367. The second-order valence-corrected chi connectivity index (χ2v) is 3.36. The van der Waals surface area contributed by atoms with Gasteiger partial charge in [-0.15, -0.1) is 0 Å². The fraction of sp³-hybridized carbons (Fsp3) is 0.500. The van der Waals surface area contributed by atoms with Gasteiger partial charge in [-0.1, -0.05) is 30.6 Å². The molecule has 0 spiro atoms. The summed E-state index contributed by atoms with van der Waals surface area (Å²) in [4.78, 5) is 0. The summed E-state index contributed by atoms with van der Waals surface area (Å²) in [5.74, 6) is 1.05. The maximum Gasteiger partial charge on any atom is 0.202 e. The molecule has 1 rings (SSSR count). The van der Waals surface area contributed by atoms with E-state index >= 15 is 0 Å². The van der Waals surface area contributed by atoms with Crippen molar-refractivity contribution in [3.05, 3.63) is 16.5 Å². The van der Waals surface area contributed by atoms with Crippen LogP contribution in [0.15, 0.2) is 4.52 Å². The van der Waals surface area contributed by atoms with E-state index < -0.39 is 0 Å². The van der Waals surface area contributed by atoms with Gasteiger partial charge in [0.05, 0.1) is 0 Å². The van der Waals surface area contributed by atoms with E-state index in [1.54, 1.807) is 0 Å². The van der Waals surface area contributed by atoms with Crippen molar-refractivity contribution < 1.29 is 4.52 Å². The molecule has 0 saturated carbocycles. The number of halogens is 1. The fourth-order valence-electron chi connectivity index (χ4n) is 0.880. The third-order valence-corrected chi connectivity index (χ3v) is 1.79. The van der Waals surface area contributed by atoms with Crippen LogP contribution in [0.2, 0.25) is 5.02 Å². The highest BCUT2D eigenvalue weighted by Crippen LogP contribution is 2.22. The Hall–Kier alpha value is -1.01. The van der Waals surface area contributed by atoms with E-state index in [4.69, 9.17) is 21.4 Å². The van der Waals surface area contributed by atoms with E-state index in [0.717, 1.165) is 0 Å². The molecule has 1 heterocycles. The lowest BCUT2D eigenvalue weighted by atomic mass is 10.1. The summed E-state index contributed by atoms with van der Waals surface area (Å²) in [6, 6.07) is 1.85. The van der Waals surface area contributed by atoms with Crippen LogP contribution in [0.3, 0.4) is 0 Å². The van der Waals surface area contributed by atoms with Gasteiger partial charge in [-0.25, -0.2) is 0 Å². The molecule has 0 N–H and O–H groups in total. The highest BCUT2D eigenvalue weighted by atomic mass is 35.5. The number of hydrogen-bond acceptors (Lipinski definition) is 3. The van der Waals surface area contributed by atoms with E-state index in [1.807, 2.05) is 19.9 Å². The molecule has 4 heteroatoms. The third kappa shape index (κ3) is 1.77. The maximum atomic E-state index is 8.51. The molecule has 1 aromatic rings. The van der Waals surface area contributed by atoms with Crippen molar-refractivity contribution in [3.8, 4) is 6.07 Å². The average Bonchev–Trinajstić information content (AvgIpc) is 2.32. The lowest BCUT2D eigenvalue weighted by Crippen LogP contribution is -1.92. The number of rotatable bonds is 2. The molecule has 64 valence electrons. The van der Waals surface area contributed by atoms with Gasteiger partial charge in [-0.2, -0.15) is 5.26 Å². The molecule has 0 aliphatic carbocycles. The van der Waals surface area contributed by atoms with Crippen LogP contribution >= 0.6 is 11.6 Å². The summed E-state index contributed by atoms with van der Waals surface area (Å²) in [6.45, 7) is 4.09. The van der Waals surface area contributed by atoms with Gasteiger partial charge in [0, 0.05) is 6.42 Å². The molecule has 0 radical (unpaired) electrons. The van der Waals surface area contributed by atoms with Crippen molar-refractivity contribution in [2.45, 2.75) is 20.3 Å². The Morgan fingerprint density at radius 1 is 1.67 bits per heavy atom. The van der Waals surface area contributed by atoms with Crippen LogP contribution in [0.25, 0.3) is 0 Å². The van der Waals surface area contributed by atoms with Crippen LogP contribution in [-0.4, -0.2) is 5.16 Å². The largest absolute Gasteiger partial charge is 0.358 e. The van der Waals surface area contributed by atoms with Crippen LogP contribution in [0.1, 0.15) is 25.3 Å². The van der Waals surface area contributed by atoms with Gasteiger partial charge in [0.1, 0.15) is 11.1 Å². The number of aromatic nitrogens is 1. The van der Waals surface area contributed by atoms with Crippen LogP contribution in [-0.2, 0) is 6.42 Å². The summed E-state index contributed by atoms with van der Waals surface area (Å²) in [5, 5.41) is 12.4. The zero-order chi connectivity index (χ0) is 9.14. The monoisotopic (exact) mass is 184 g/mol. The molecular weight excluding hydrogens is 176 g/mol. The molecule has 0 amide bonds. The second kappa shape index (κ2) is 3.59. The fourth-order valence-corrected chi connectivity index (χ4v) is 1.07. The molecule has 3 nitrogen and oxygen atoms in total. The summed E-state index contributed by atoms with van der Waals surface area (Å²) in [7, 11) is 0. The summed E-state index contributed by atoms with van der Waals surface area (Å²) in [5.41, 5.74) is 0.173. The molecule has 0 atom stereocenters. The van der Waals surface area contributed by atoms with Crippen molar-refractivity contribution in [3.63, 3.8) is 0 Å². The summed E-state index contributed by atoms with van der Waals surface area (Å²) < 4.78 is 4.89. The van der Waals surface area contributed by atoms with Crippen molar-refractivity contribution in [2.24, 2.45) is 5.92 Å². The lowest BCUT2D eigenvalue weighted by Gasteiger charge is -1.98. The Bertz CT molecular complexity index is 311. The van der Waals surface area contributed by atoms with Gasteiger partial charge in [-0.05, 0) is 5.92 Å². The number of nitriles is 1. The van der Waals surface area contributed by atoms with E-state index in [0.29, 0.717) is 23.1 Å². The van der Waals surface area contributed by atoms with Crippen molar-refractivity contribution in [2.75, 3.05) is 0 Å². The SMILES string of the molecule is CC(C)Cc1onc(C#N)c1Cl. The van der Waals surface area contributed by atoms with Crippen LogP contribution in [0.5, 0.6) is 0 Å². The Balaban J connectivity index is 2.89. The molecule has 1 aromatic heterocycles. The van der Waals surface area contributed by atoms with Gasteiger partial charge >= 0.3 is 0 Å². The molecule has 0 fully saturated rings. The van der Waals surface area contributed by atoms with E-state index in [-0.39, 0.29) is 5.69 Å². The predicted octanol–water partition coefficient (Wildman–Crippen LogP) is 2.40. The van der Waals surface area contributed by atoms with Crippen LogP contribution in [0, 0.1) is 17.2 Å². The first kappa shape index (κ1) is 9.08. The van der Waals surface area contributed by atoms with Crippen LogP contribution in [0.4, 0.5) is 0 Å². The first-order valence-electron chi connectivity index (χ1n) is 3.69. The first-order valence-corrected chi connectivity index (χ1v) is 4.07. The molecule has 0 saturated heterocycles. The number of hydrogen-bond donors (Lipinski definition) is 0. The third-order valence-electron chi connectivity index (χ3n) is 1.40. The maximum absolute atomic E-state index is 8.51. The molecule has 0 aliphatic heterocycles. The summed E-state index contributed by atoms with van der Waals surface area (Å²) >= 11 is 5.79. The van der Waals surface area contributed by atoms with E-state index in [1.165, 1.54) is 0 Å². The number of nitrogens with zero attached hydrogens (tertiary/aromatic N) is 2. The Morgan fingerprint density at radius 2 is 2.33 bits per heavy atom. The zero-order valence-electron chi connectivity index (χ0n) is 6.97. The van der Waals surface area contributed by atoms with Gasteiger partial charge in [0.15, 0.2) is 5.76 Å². The molecule has 0 aliphatic rings. The van der Waals surface area contributed by atoms with Crippen molar-refractivity contribution >= 4 is 11.6 Å². The van der Waals surface area contributed by atoms with E-state index in [2.05, 4.69) is 5.16 Å². The average molecular weight is 185 g/mol. The molecule has 12 heavy (non-hydrogen) atoms. The quantitative estimate of drug-likeness (QED) is 0.709. The van der Waals surface area contributed by atoms with Gasteiger partial charge < -0.3 is 4.52 Å². The Labute approximate surface area is 75.9 Å². The minimum absolute atomic E-state index is 0.173. The summed E-state index contributed by atoms with van der Waals surface area (Å²) in [6.07, 6.45) is 0.716. The predicted molar refractivity (Wildman–Crippen MR) is 44.8 cm³/mol. The standard InChI is InChI=1S/C8H9ClN2O/c1-5(2)3-7-8(9)6(4-10)11-12-7/h5H,3H2,1-2H3. The smallest absolute Gasteiger partial charge is 0.202 e. The van der Waals surface area contributed by atoms with E-state index in [9.17, 15) is 0 Å². The molecule has 0 aromatic carbocycles. The zero-order valence-corrected chi connectivity index (χ0v) is 7.72. The highest BCUT2D eigenvalue weighted by molar-refractivity contribution is 6.32. The minimum atomic E-state index is 0.173. The molecular formula is C8H9ClN2O. The molecule has 0 bridgehead atoms. The Kier molecular flexibility index (Phi) is 2.72. The normalized spacial score (nSPS) is 10.2. The van der Waals surface area contributed by atoms with Gasteiger partial charge in [-0.3, -0.25) is 0 Å². The highest BCUT2D eigenvalue weighted by Gasteiger charge is 2.13. The Morgan fingerprint density at radius 3 is 2.75 bits per heavy atom. The van der Waals surface area contributed by atoms with Crippen molar-refractivity contribution in [1.29, 1.82) is 5.26 Å². The first-order chi connectivity index (χ1) is 5.65.